The normalized spacial score (nSPS) is 31.1. The van der Waals surface area contributed by atoms with E-state index in [1.165, 1.54) is 24.8 Å². The molecule has 0 bridgehead atoms. The summed E-state index contributed by atoms with van der Waals surface area (Å²) in [6.07, 6.45) is 7.25. The molecule has 35 heavy (non-hydrogen) atoms. The summed E-state index contributed by atoms with van der Waals surface area (Å²) in [6, 6.07) is 10.6. The van der Waals surface area contributed by atoms with Crippen molar-refractivity contribution in [3.05, 3.63) is 35.9 Å². The van der Waals surface area contributed by atoms with E-state index in [4.69, 9.17) is 0 Å². The van der Waals surface area contributed by atoms with Crippen LogP contribution in [0, 0.1) is 5.92 Å². The van der Waals surface area contributed by atoms with E-state index in [1.807, 2.05) is 13.1 Å². The number of hydrogen-bond acceptors (Lipinski definition) is 5. The molecule has 4 aliphatic rings. The van der Waals surface area contributed by atoms with Crippen molar-refractivity contribution in [2.45, 2.75) is 56.0 Å². The largest absolute Gasteiger partial charge is 0.339 e. The maximum Gasteiger partial charge on any atom is 0.321 e. The lowest BCUT2D eigenvalue weighted by atomic mass is 9.68. The topological polar surface area (TPSA) is 90.0 Å². The molecule has 2 saturated carbocycles. The molecule has 0 atom stereocenters. The van der Waals surface area contributed by atoms with Crippen LogP contribution in [0.3, 0.4) is 0 Å². The van der Waals surface area contributed by atoms with Crippen molar-refractivity contribution in [2.24, 2.45) is 5.92 Å². The summed E-state index contributed by atoms with van der Waals surface area (Å²) in [5.41, 5.74) is 0.951. The zero-order valence-electron chi connectivity index (χ0n) is 20.7. The highest BCUT2D eigenvalue weighted by atomic mass is 32.2. The van der Waals surface area contributed by atoms with Crippen molar-refractivity contribution < 1.29 is 18.0 Å². The lowest BCUT2D eigenvalue weighted by Gasteiger charge is -2.49. The number of nitrogens with zero attached hydrogens (tertiary/aromatic N) is 3. The van der Waals surface area contributed by atoms with E-state index in [1.54, 1.807) is 9.80 Å². The Balaban J connectivity index is 1.32. The molecule has 1 spiro atoms. The summed E-state index contributed by atoms with van der Waals surface area (Å²) >= 11 is 0. The van der Waals surface area contributed by atoms with Crippen molar-refractivity contribution in [3.63, 3.8) is 0 Å². The van der Waals surface area contributed by atoms with Gasteiger partial charge in [-0.15, -0.1) is 0 Å². The van der Waals surface area contributed by atoms with Crippen LogP contribution in [-0.2, 0) is 20.2 Å². The molecular formula is C26H38N4O4S. The van der Waals surface area contributed by atoms with Gasteiger partial charge in [-0.05, 0) is 57.1 Å². The van der Waals surface area contributed by atoms with Crippen LogP contribution < -0.4 is 5.32 Å². The number of hydrogen-bond donors (Lipinski definition) is 1. The van der Waals surface area contributed by atoms with Gasteiger partial charge in [0, 0.05) is 31.7 Å². The molecule has 5 rings (SSSR count). The minimum Gasteiger partial charge on any atom is -0.339 e. The molecular weight excluding hydrogens is 464 g/mol. The van der Waals surface area contributed by atoms with Gasteiger partial charge in [-0.2, -0.15) is 0 Å². The summed E-state index contributed by atoms with van der Waals surface area (Å²) in [4.78, 5) is 32.1. The standard InChI is InChI=1S/C26H38N4O4S/c1-27-26(22-8-3-2-4-9-22)12-10-25(11-13-26)20-29(24(32)30(25)18-21-6-5-7-21)19-23(31)28-14-16-35(33,34)17-15-28/h2-4,8-9,21,27H,5-7,10-20H2,1H3. The van der Waals surface area contributed by atoms with Crippen LogP contribution in [0.2, 0.25) is 0 Å². The van der Waals surface area contributed by atoms with Gasteiger partial charge in [0.15, 0.2) is 9.84 Å². The monoisotopic (exact) mass is 502 g/mol. The lowest BCUT2D eigenvalue weighted by Crippen LogP contribution is -2.56. The van der Waals surface area contributed by atoms with Gasteiger partial charge in [-0.1, -0.05) is 36.8 Å². The third kappa shape index (κ3) is 4.69. The van der Waals surface area contributed by atoms with Crippen LogP contribution in [0.15, 0.2) is 30.3 Å². The third-order valence-corrected chi connectivity index (χ3v) is 10.7. The second kappa shape index (κ2) is 9.39. The van der Waals surface area contributed by atoms with E-state index in [9.17, 15) is 18.0 Å². The molecule has 2 aliphatic carbocycles. The highest BCUT2D eigenvalue weighted by molar-refractivity contribution is 7.91. The Labute approximate surface area is 208 Å². The van der Waals surface area contributed by atoms with E-state index in [0.29, 0.717) is 12.5 Å². The number of urea groups is 1. The third-order valence-electron chi connectivity index (χ3n) is 9.09. The average molecular weight is 503 g/mol. The highest BCUT2D eigenvalue weighted by Gasteiger charge is 2.54. The fourth-order valence-corrected chi connectivity index (χ4v) is 7.65. The molecule has 0 unspecified atom stereocenters. The molecule has 0 radical (unpaired) electrons. The molecule has 1 aromatic carbocycles. The maximum absolute atomic E-state index is 13.6. The Morgan fingerprint density at radius 3 is 2.29 bits per heavy atom. The van der Waals surface area contributed by atoms with Gasteiger partial charge < -0.3 is 20.0 Å². The predicted octanol–water partition coefficient (Wildman–Crippen LogP) is 2.21. The molecule has 1 aromatic rings. The minimum atomic E-state index is -3.05. The second-order valence-corrected chi connectivity index (χ2v) is 13.3. The van der Waals surface area contributed by atoms with Gasteiger partial charge in [0.05, 0.1) is 17.0 Å². The number of sulfone groups is 1. The van der Waals surface area contributed by atoms with Gasteiger partial charge in [-0.25, -0.2) is 13.2 Å². The van der Waals surface area contributed by atoms with Crippen molar-refractivity contribution in [1.82, 2.24) is 20.0 Å². The first-order chi connectivity index (χ1) is 16.8. The minimum absolute atomic E-state index is 0.00994. The molecule has 2 aliphatic heterocycles. The van der Waals surface area contributed by atoms with Crippen molar-refractivity contribution in [2.75, 3.05) is 51.3 Å². The van der Waals surface area contributed by atoms with Crippen LogP contribution in [-0.4, -0.2) is 91.9 Å². The summed E-state index contributed by atoms with van der Waals surface area (Å²) in [5, 5.41) is 3.60. The Bertz CT molecular complexity index is 1030. The molecule has 1 N–H and O–H groups in total. The molecule has 8 nitrogen and oxygen atoms in total. The molecule has 9 heteroatoms. The van der Waals surface area contributed by atoms with E-state index in [-0.39, 0.29) is 54.2 Å². The Hall–Kier alpha value is -2.13. The number of carbonyl (C=O) groups is 2. The fourth-order valence-electron chi connectivity index (χ4n) is 6.45. The van der Waals surface area contributed by atoms with Crippen molar-refractivity contribution in [1.29, 1.82) is 0 Å². The fraction of sp³-hybridized carbons (Fsp3) is 0.692. The summed E-state index contributed by atoms with van der Waals surface area (Å²) < 4.78 is 23.5. The molecule has 192 valence electrons. The first-order valence-corrected chi connectivity index (χ1v) is 14.9. The van der Waals surface area contributed by atoms with Crippen LogP contribution >= 0.6 is 0 Å². The Morgan fingerprint density at radius 1 is 1.06 bits per heavy atom. The van der Waals surface area contributed by atoms with Crippen LogP contribution in [0.25, 0.3) is 0 Å². The molecule has 2 saturated heterocycles. The molecule has 3 amide bonds. The summed E-state index contributed by atoms with van der Waals surface area (Å²) in [7, 11) is -1.02. The quantitative estimate of drug-likeness (QED) is 0.644. The number of benzene rings is 1. The highest BCUT2D eigenvalue weighted by Crippen LogP contribution is 2.47. The zero-order valence-corrected chi connectivity index (χ0v) is 21.6. The maximum atomic E-state index is 13.6. The van der Waals surface area contributed by atoms with Gasteiger partial charge in [0.1, 0.15) is 6.54 Å². The smallest absolute Gasteiger partial charge is 0.321 e. The van der Waals surface area contributed by atoms with E-state index >= 15 is 0 Å². The van der Waals surface area contributed by atoms with Gasteiger partial charge in [0.2, 0.25) is 5.91 Å². The lowest BCUT2D eigenvalue weighted by molar-refractivity contribution is -0.131. The summed E-state index contributed by atoms with van der Waals surface area (Å²) in [5.74, 6) is 0.439. The number of carbonyl (C=O) groups excluding carboxylic acids is 2. The number of rotatable bonds is 6. The van der Waals surface area contributed by atoms with Crippen LogP contribution in [0.5, 0.6) is 0 Å². The number of amides is 3. The Morgan fingerprint density at radius 2 is 1.71 bits per heavy atom. The molecule has 4 fully saturated rings. The molecule has 0 aromatic heterocycles. The van der Waals surface area contributed by atoms with Gasteiger partial charge >= 0.3 is 6.03 Å². The second-order valence-electron chi connectivity index (χ2n) is 11.0. The number of nitrogens with one attached hydrogen (secondary N) is 1. The van der Waals surface area contributed by atoms with E-state index < -0.39 is 9.84 Å². The Kier molecular flexibility index (Phi) is 6.59. The first-order valence-electron chi connectivity index (χ1n) is 13.1. The first kappa shape index (κ1) is 24.6. The molecule has 2 heterocycles. The summed E-state index contributed by atoms with van der Waals surface area (Å²) in [6.45, 7) is 1.84. The SMILES string of the molecule is CNC1(c2ccccc2)CCC2(CC1)CN(CC(=O)N1CCS(=O)(=O)CC1)C(=O)N2CC1CCC1. The predicted molar refractivity (Wildman–Crippen MR) is 135 cm³/mol. The van der Waals surface area contributed by atoms with E-state index in [0.717, 1.165) is 32.2 Å². The average Bonchev–Trinajstić information content (AvgIpc) is 3.07. The van der Waals surface area contributed by atoms with E-state index in [2.05, 4.69) is 34.5 Å². The zero-order chi connectivity index (χ0) is 24.7. The van der Waals surface area contributed by atoms with Gasteiger partial charge in [0.25, 0.3) is 0 Å². The van der Waals surface area contributed by atoms with Crippen LogP contribution in [0.4, 0.5) is 4.79 Å². The van der Waals surface area contributed by atoms with Crippen molar-refractivity contribution >= 4 is 21.8 Å². The van der Waals surface area contributed by atoms with Crippen molar-refractivity contribution in [3.8, 4) is 0 Å². The van der Waals surface area contributed by atoms with Crippen LogP contribution in [0.1, 0.15) is 50.5 Å². The van der Waals surface area contributed by atoms with Gasteiger partial charge in [-0.3, -0.25) is 4.79 Å².